The molecule has 0 fully saturated rings. The van der Waals surface area contributed by atoms with Gasteiger partial charge in [-0.25, -0.2) is 9.48 Å². The number of imidazole rings is 1. The molecule has 0 saturated carbocycles. The van der Waals surface area contributed by atoms with Crippen LogP contribution >= 0.6 is 11.8 Å². The Kier molecular flexibility index (Phi) is 4.25. The second-order valence-corrected chi connectivity index (χ2v) is 7.41. The predicted molar refractivity (Wildman–Crippen MR) is 90.7 cm³/mol. The molecule has 0 amide bonds. The molecular weight excluding hydrogens is 312 g/mol. The largest absolute Gasteiger partial charge is 0.326 e. The van der Waals surface area contributed by atoms with Gasteiger partial charge in [0.25, 0.3) is 0 Å². The summed E-state index contributed by atoms with van der Waals surface area (Å²) in [6.45, 7) is 6.88. The second-order valence-electron chi connectivity index (χ2n) is 6.35. The Hall–Kier alpha value is -2.09. The van der Waals surface area contributed by atoms with Crippen molar-refractivity contribution in [1.82, 2.24) is 29.8 Å². The zero-order chi connectivity index (χ0) is 16.4. The van der Waals surface area contributed by atoms with E-state index >= 15 is 0 Å². The number of nitrogens with one attached hydrogen (secondary N) is 1. The molecule has 0 radical (unpaired) electrons. The maximum Gasteiger partial charge on any atom is 0.326 e. The molecular formula is C15H20N6OS. The molecule has 1 aromatic carbocycles. The van der Waals surface area contributed by atoms with Crippen LogP contribution in [-0.2, 0) is 12.1 Å². The molecule has 0 aliphatic carbocycles. The lowest BCUT2D eigenvalue weighted by atomic mass is 10.1. The zero-order valence-electron chi connectivity index (χ0n) is 13.5. The number of H-pyrrole nitrogens is 1. The summed E-state index contributed by atoms with van der Waals surface area (Å²) in [5.41, 5.74) is 1.62. The van der Waals surface area contributed by atoms with Crippen molar-refractivity contribution in [2.75, 3.05) is 5.75 Å². The minimum absolute atomic E-state index is 0.0595. The molecule has 0 atom stereocenters. The summed E-state index contributed by atoms with van der Waals surface area (Å²) in [5.74, 6) is 0.850. The fourth-order valence-electron chi connectivity index (χ4n) is 2.40. The number of benzene rings is 1. The molecule has 8 heteroatoms. The first-order valence-corrected chi connectivity index (χ1v) is 8.54. The van der Waals surface area contributed by atoms with E-state index in [0.717, 1.165) is 28.4 Å². The highest BCUT2D eigenvalue weighted by Crippen LogP contribution is 2.22. The van der Waals surface area contributed by atoms with Crippen molar-refractivity contribution in [2.24, 2.45) is 0 Å². The normalized spacial score (nSPS) is 12.1. The lowest BCUT2D eigenvalue weighted by molar-refractivity contribution is 0.321. The van der Waals surface area contributed by atoms with E-state index < -0.39 is 0 Å². The van der Waals surface area contributed by atoms with E-state index in [1.165, 1.54) is 0 Å². The molecule has 2 heterocycles. The lowest BCUT2D eigenvalue weighted by Crippen LogP contribution is -2.24. The first kappa shape index (κ1) is 15.8. The van der Waals surface area contributed by atoms with E-state index in [1.807, 2.05) is 28.9 Å². The molecule has 3 aromatic rings. The standard InChI is InChI=1S/C15H20N6OS/c1-15(2,3)21-14(17-18-19-21)23-10-6-9-20-12-8-5-4-7-11(12)16-13(20)22/h4-5,7-8H,6,9-10H2,1-3H3,(H,16,22). The maximum absolute atomic E-state index is 12.0. The minimum atomic E-state index is -0.139. The van der Waals surface area contributed by atoms with Gasteiger partial charge in [-0.15, -0.1) is 5.10 Å². The van der Waals surface area contributed by atoms with Crippen molar-refractivity contribution in [3.8, 4) is 0 Å². The Morgan fingerprint density at radius 3 is 2.83 bits per heavy atom. The molecule has 2 aromatic heterocycles. The monoisotopic (exact) mass is 332 g/mol. The number of para-hydroxylation sites is 2. The van der Waals surface area contributed by atoms with E-state index in [4.69, 9.17) is 0 Å². The van der Waals surface area contributed by atoms with Crippen molar-refractivity contribution in [2.45, 2.75) is 44.4 Å². The van der Waals surface area contributed by atoms with Crippen molar-refractivity contribution >= 4 is 22.8 Å². The molecule has 0 saturated heterocycles. The fraction of sp³-hybridized carbons (Fsp3) is 0.467. The number of fused-ring (bicyclic) bond motifs is 1. The summed E-state index contributed by atoms with van der Waals surface area (Å²) in [4.78, 5) is 14.9. The number of thioether (sulfide) groups is 1. The zero-order valence-corrected chi connectivity index (χ0v) is 14.3. The highest BCUT2D eigenvalue weighted by molar-refractivity contribution is 7.99. The van der Waals surface area contributed by atoms with Crippen molar-refractivity contribution in [1.29, 1.82) is 0 Å². The van der Waals surface area contributed by atoms with Crippen molar-refractivity contribution in [3.05, 3.63) is 34.7 Å². The van der Waals surface area contributed by atoms with E-state index in [2.05, 4.69) is 41.3 Å². The first-order chi connectivity index (χ1) is 11.0. The third-order valence-electron chi connectivity index (χ3n) is 3.52. The van der Waals surface area contributed by atoms with Gasteiger partial charge in [0.15, 0.2) is 0 Å². The van der Waals surface area contributed by atoms with Crippen LogP contribution in [0.15, 0.2) is 34.2 Å². The molecule has 0 aliphatic rings. The van der Waals surface area contributed by atoms with Crippen molar-refractivity contribution < 1.29 is 0 Å². The fourth-order valence-corrected chi connectivity index (χ4v) is 3.39. The average Bonchev–Trinajstić information content (AvgIpc) is 3.07. The van der Waals surface area contributed by atoms with Crippen LogP contribution in [-0.4, -0.2) is 35.5 Å². The average molecular weight is 332 g/mol. The van der Waals surface area contributed by atoms with Gasteiger partial charge >= 0.3 is 5.69 Å². The van der Waals surface area contributed by atoms with Gasteiger partial charge in [0.1, 0.15) is 0 Å². The van der Waals surface area contributed by atoms with Crippen LogP contribution < -0.4 is 5.69 Å². The Morgan fingerprint density at radius 2 is 2.04 bits per heavy atom. The Morgan fingerprint density at radius 1 is 1.26 bits per heavy atom. The Bertz CT molecular complexity index is 857. The highest BCUT2D eigenvalue weighted by Gasteiger charge is 2.19. The van der Waals surface area contributed by atoms with E-state index in [0.29, 0.717) is 6.54 Å². The van der Waals surface area contributed by atoms with Crippen LogP contribution in [0, 0.1) is 0 Å². The van der Waals surface area contributed by atoms with Gasteiger partial charge in [0, 0.05) is 12.3 Å². The second kappa shape index (κ2) is 6.19. The molecule has 0 spiro atoms. The number of aromatic nitrogens is 6. The lowest BCUT2D eigenvalue weighted by Gasteiger charge is -2.19. The highest BCUT2D eigenvalue weighted by atomic mass is 32.2. The quantitative estimate of drug-likeness (QED) is 0.572. The van der Waals surface area contributed by atoms with Crippen LogP contribution in [0.25, 0.3) is 11.0 Å². The third kappa shape index (κ3) is 3.31. The number of tetrazole rings is 1. The number of rotatable bonds is 5. The van der Waals surface area contributed by atoms with Crippen LogP contribution in [0.2, 0.25) is 0 Å². The van der Waals surface area contributed by atoms with Crippen molar-refractivity contribution in [3.63, 3.8) is 0 Å². The summed E-state index contributed by atoms with van der Waals surface area (Å²) >= 11 is 1.61. The smallest absolute Gasteiger partial charge is 0.306 e. The van der Waals surface area contributed by atoms with Gasteiger partial charge in [-0.1, -0.05) is 23.9 Å². The van der Waals surface area contributed by atoms with Crippen LogP contribution in [0.1, 0.15) is 27.2 Å². The predicted octanol–water partition coefficient (Wildman–Crippen LogP) is 2.25. The SMILES string of the molecule is CC(C)(C)n1nnnc1SCCCn1c(=O)[nH]c2ccccc21. The van der Waals surface area contributed by atoms with Gasteiger partial charge in [-0.2, -0.15) is 0 Å². The molecule has 23 heavy (non-hydrogen) atoms. The summed E-state index contributed by atoms with van der Waals surface area (Å²) in [7, 11) is 0. The molecule has 3 rings (SSSR count). The van der Waals surface area contributed by atoms with Crippen LogP contribution in [0.4, 0.5) is 0 Å². The van der Waals surface area contributed by atoms with Crippen LogP contribution in [0.3, 0.4) is 0 Å². The number of aromatic amines is 1. The number of hydrogen-bond donors (Lipinski definition) is 1. The number of aryl methyl sites for hydroxylation is 1. The summed E-state index contributed by atoms with van der Waals surface area (Å²) < 4.78 is 3.61. The van der Waals surface area contributed by atoms with Gasteiger partial charge < -0.3 is 4.98 Å². The van der Waals surface area contributed by atoms with E-state index in [9.17, 15) is 4.79 Å². The minimum Gasteiger partial charge on any atom is -0.306 e. The van der Waals surface area contributed by atoms with E-state index in [1.54, 1.807) is 16.3 Å². The third-order valence-corrected chi connectivity index (χ3v) is 4.52. The van der Waals surface area contributed by atoms with Gasteiger partial charge in [-0.3, -0.25) is 4.57 Å². The maximum atomic E-state index is 12.0. The summed E-state index contributed by atoms with van der Waals surface area (Å²) in [6.07, 6.45) is 0.865. The molecule has 122 valence electrons. The van der Waals surface area contributed by atoms with E-state index in [-0.39, 0.29) is 11.2 Å². The Labute approximate surface area is 138 Å². The first-order valence-electron chi connectivity index (χ1n) is 7.56. The molecule has 0 unspecified atom stereocenters. The summed E-state index contributed by atoms with van der Waals surface area (Å²) in [6, 6.07) is 7.74. The van der Waals surface area contributed by atoms with Gasteiger partial charge in [-0.05, 0) is 49.8 Å². The molecule has 0 bridgehead atoms. The molecule has 7 nitrogen and oxygen atoms in total. The Balaban J connectivity index is 1.63. The van der Waals surface area contributed by atoms with Gasteiger partial charge in [0.2, 0.25) is 5.16 Å². The summed E-state index contributed by atoms with van der Waals surface area (Å²) in [5, 5.41) is 12.7. The molecule has 1 N–H and O–H groups in total. The van der Waals surface area contributed by atoms with Gasteiger partial charge in [0.05, 0.1) is 16.6 Å². The number of nitrogens with zero attached hydrogens (tertiary/aromatic N) is 5. The van der Waals surface area contributed by atoms with Crippen LogP contribution in [0.5, 0.6) is 0 Å². The number of hydrogen-bond acceptors (Lipinski definition) is 5. The molecule has 0 aliphatic heterocycles. The topological polar surface area (TPSA) is 81.4 Å².